The molecule has 2 aromatic heterocycles. The molecule has 8 heteroatoms. The molecule has 0 aliphatic heterocycles. The van der Waals surface area contributed by atoms with Crippen LogP contribution in [0.4, 0.5) is 4.79 Å². The topological polar surface area (TPSA) is 117 Å². The van der Waals surface area contributed by atoms with E-state index < -0.39 is 24.0 Å². The number of ether oxygens (including phenoxy) is 1. The first kappa shape index (κ1) is 19.3. The van der Waals surface area contributed by atoms with Gasteiger partial charge in [0.05, 0.1) is 18.4 Å². The molecule has 2 rings (SSSR count). The smallest absolute Gasteiger partial charge is 0.340 e. The summed E-state index contributed by atoms with van der Waals surface area (Å²) in [4.78, 5) is 35.5. The van der Waals surface area contributed by atoms with E-state index in [4.69, 9.17) is 14.9 Å². The molecule has 0 bridgehead atoms. The van der Waals surface area contributed by atoms with Crippen molar-refractivity contribution in [2.75, 3.05) is 0 Å². The Labute approximate surface area is 151 Å². The fourth-order valence-corrected chi connectivity index (χ4v) is 2.67. The molecule has 0 unspecified atom stereocenters. The number of nitrogens with zero attached hydrogens (tertiary/aromatic N) is 1. The van der Waals surface area contributed by atoms with Crippen LogP contribution in [-0.2, 0) is 16.1 Å². The van der Waals surface area contributed by atoms with E-state index in [-0.39, 0.29) is 5.92 Å². The molecule has 0 aromatic carbocycles. The summed E-state index contributed by atoms with van der Waals surface area (Å²) in [5.41, 5.74) is 6.87. The fraction of sp³-hybridized carbons (Fsp3) is 0.389. The Morgan fingerprint density at radius 3 is 2.54 bits per heavy atom. The van der Waals surface area contributed by atoms with Crippen LogP contribution in [0.3, 0.4) is 0 Å². The van der Waals surface area contributed by atoms with Crippen molar-refractivity contribution >= 4 is 17.9 Å². The lowest BCUT2D eigenvalue weighted by Gasteiger charge is -2.19. The van der Waals surface area contributed by atoms with Crippen molar-refractivity contribution in [3.63, 3.8) is 0 Å². The highest BCUT2D eigenvalue weighted by Crippen LogP contribution is 2.20. The first-order chi connectivity index (χ1) is 12.2. The number of aromatic nitrogens is 1. The van der Waals surface area contributed by atoms with Gasteiger partial charge in [0.2, 0.25) is 0 Å². The van der Waals surface area contributed by atoms with E-state index in [2.05, 4.69) is 0 Å². The molecule has 0 saturated carbocycles. The number of nitrogens with two attached hydrogens (primary N) is 1. The minimum atomic E-state index is -1.12. The number of nitrogens with one attached hydrogen (secondary N) is 1. The molecule has 0 radical (unpaired) electrons. The second-order valence-electron chi connectivity index (χ2n) is 6.37. The quantitative estimate of drug-likeness (QED) is 0.765. The summed E-state index contributed by atoms with van der Waals surface area (Å²) >= 11 is 0. The molecule has 0 aliphatic rings. The molecule has 3 amide bonds. The average molecular weight is 361 g/mol. The van der Waals surface area contributed by atoms with E-state index in [0.717, 1.165) is 11.5 Å². The first-order valence-corrected chi connectivity index (χ1v) is 8.21. The monoisotopic (exact) mass is 361 g/mol. The van der Waals surface area contributed by atoms with Crippen molar-refractivity contribution in [2.24, 2.45) is 11.7 Å². The minimum Gasteiger partial charge on any atom is -0.467 e. The number of esters is 1. The molecule has 2 aromatic rings. The number of hydrogen-bond donors (Lipinski definition) is 2. The lowest BCUT2D eigenvalue weighted by atomic mass is 10.1. The van der Waals surface area contributed by atoms with Crippen LogP contribution in [0.2, 0.25) is 0 Å². The van der Waals surface area contributed by atoms with Crippen LogP contribution in [0.25, 0.3) is 0 Å². The van der Waals surface area contributed by atoms with E-state index in [0.29, 0.717) is 17.8 Å². The van der Waals surface area contributed by atoms with Crippen LogP contribution >= 0.6 is 0 Å². The van der Waals surface area contributed by atoms with Gasteiger partial charge in [-0.25, -0.2) is 9.59 Å². The van der Waals surface area contributed by atoms with Crippen LogP contribution in [0.15, 0.2) is 28.9 Å². The zero-order valence-corrected chi connectivity index (χ0v) is 15.2. The van der Waals surface area contributed by atoms with Gasteiger partial charge in [-0.1, -0.05) is 13.8 Å². The maximum atomic E-state index is 12.6. The molecule has 0 fully saturated rings. The number of furan rings is 1. The number of imide groups is 1. The number of rotatable bonds is 6. The van der Waals surface area contributed by atoms with Gasteiger partial charge in [0, 0.05) is 11.4 Å². The number of urea groups is 1. The van der Waals surface area contributed by atoms with Crippen molar-refractivity contribution < 1.29 is 23.5 Å². The van der Waals surface area contributed by atoms with Gasteiger partial charge in [-0.15, -0.1) is 0 Å². The van der Waals surface area contributed by atoms with Gasteiger partial charge in [-0.2, -0.15) is 0 Å². The molecule has 0 aliphatic carbocycles. The summed E-state index contributed by atoms with van der Waals surface area (Å²) in [5, 5.41) is 1.95. The van der Waals surface area contributed by atoms with Gasteiger partial charge in [0.15, 0.2) is 6.10 Å². The number of carbonyl (C=O) groups excluding carboxylic acids is 3. The third-order valence-corrected chi connectivity index (χ3v) is 4.03. The number of aryl methyl sites for hydroxylation is 1. The standard InChI is InChI=1S/C18H23N3O5/c1-10(2)15(16(22)20-18(19)24)26-17(23)14-8-11(3)21(12(14)4)9-13-6-5-7-25-13/h5-8,10,15H,9H2,1-4H3,(H3,19,20,22,24)/t15-/m0/s1. The molecule has 0 saturated heterocycles. The van der Waals surface area contributed by atoms with E-state index in [1.807, 2.05) is 22.9 Å². The van der Waals surface area contributed by atoms with Crippen LogP contribution in [0.5, 0.6) is 0 Å². The molecule has 1 atom stereocenters. The minimum absolute atomic E-state index is 0.329. The van der Waals surface area contributed by atoms with Gasteiger partial charge in [0.25, 0.3) is 5.91 Å². The number of primary amides is 1. The Bertz CT molecular complexity index is 805. The van der Waals surface area contributed by atoms with Crippen molar-refractivity contribution in [2.45, 2.75) is 40.3 Å². The summed E-state index contributed by atoms with van der Waals surface area (Å²) in [7, 11) is 0. The Balaban J connectivity index is 2.20. The van der Waals surface area contributed by atoms with Gasteiger partial charge in [0.1, 0.15) is 5.76 Å². The van der Waals surface area contributed by atoms with Crippen LogP contribution in [0, 0.1) is 19.8 Å². The van der Waals surface area contributed by atoms with Gasteiger partial charge < -0.3 is 19.5 Å². The third-order valence-electron chi connectivity index (χ3n) is 4.03. The van der Waals surface area contributed by atoms with Crippen LogP contribution in [-0.4, -0.2) is 28.6 Å². The summed E-state index contributed by atoms with van der Waals surface area (Å²) in [6.45, 7) is 7.55. The molecule has 26 heavy (non-hydrogen) atoms. The van der Waals surface area contributed by atoms with Crippen molar-refractivity contribution in [3.8, 4) is 0 Å². The highest BCUT2D eigenvalue weighted by atomic mass is 16.5. The molecular weight excluding hydrogens is 338 g/mol. The van der Waals surface area contributed by atoms with Crippen molar-refractivity contribution in [1.82, 2.24) is 9.88 Å². The maximum Gasteiger partial charge on any atom is 0.340 e. The Kier molecular flexibility index (Phi) is 5.86. The molecule has 3 N–H and O–H groups in total. The van der Waals surface area contributed by atoms with Crippen molar-refractivity contribution in [3.05, 3.63) is 47.2 Å². The van der Waals surface area contributed by atoms with Gasteiger partial charge in [-0.05, 0) is 38.0 Å². The molecule has 0 spiro atoms. The zero-order valence-electron chi connectivity index (χ0n) is 15.2. The van der Waals surface area contributed by atoms with Crippen LogP contribution in [0.1, 0.15) is 41.4 Å². The van der Waals surface area contributed by atoms with Gasteiger partial charge in [-0.3, -0.25) is 10.1 Å². The van der Waals surface area contributed by atoms with E-state index >= 15 is 0 Å². The molecule has 140 valence electrons. The van der Waals surface area contributed by atoms with Crippen LogP contribution < -0.4 is 11.1 Å². The largest absolute Gasteiger partial charge is 0.467 e. The predicted molar refractivity (Wildman–Crippen MR) is 93.5 cm³/mol. The number of hydrogen-bond acceptors (Lipinski definition) is 5. The Morgan fingerprint density at radius 2 is 2.00 bits per heavy atom. The predicted octanol–water partition coefficient (Wildman–Crippen LogP) is 2.12. The lowest BCUT2D eigenvalue weighted by Crippen LogP contribution is -2.45. The lowest BCUT2D eigenvalue weighted by molar-refractivity contribution is -0.130. The first-order valence-electron chi connectivity index (χ1n) is 8.21. The second kappa shape index (κ2) is 7.90. The maximum absolute atomic E-state index is 12.6. The normalized spacial score (nSPS) is 12.0. The zero-order chi connectivity index (χ0) is 19.4. The highest BCUT2D eigenvalue weighted by Gasteiger charge is 2.29. The van der Waals surface area contributed by atoms with E-state index in [1.54, 1.807) is 39.2 Å². The number of amides is 3. The summed E-state index contributed by atoms with van der Waals surface area (Å²) in [6.07, 6.45) is 0.464. The van der Waals surface area contributed by atoms with Crippen molar-refractivity contribution in [1.29, 1.82) is 0 Å². The summed E-state index contributed by atoms with van der Waals surface area (Å²) in [5.74, 6) is -0.954. The second-order valence-corrected chi connectivity index (χ2v) is 6.37. The van der Waals surface area contributed by atoms with Gasteiger partial charge >= 0.3 is 12.0 Å². The average Bonchev–Trinajstić information content (AvgIpc) is 3.15. The Hall–Kier alpha value is -3.03. The Morgan fingerprint density at radius 1 is 1.31 bits per heavy atom. The molecule has 8 nitrogen and oxygen atoms in total. The third kappa shape index (κ3) is 4.33. The molecule has 2 heterocycles. The summed E-state index contributed by atoms with van der Waals surface area (Å²) in [6, 6.07) is 4.35. The highest BCUT2D eigenvalue weighted by molar-refractivity contribution is 5.98. The van der Waals surface area contributed by atoms with E-state index in [9.17, 15) is 14.4 Å². The fourth-order valence-electron chi connectivity index (χ4n) is 2.67. The van der Waals surface area contributed by atoms with E-state index in [1.165, 1.54) is 0 Å². The SMILES string of the molecule is Cc1cc(C(=O)O[C@H](C(=O)NC(N)=O)C(C)C)c(C)n1Cc1ccco1. The number of carbonyl (C=O) groups is 3. The molecular formula is C18H23N3O5. The summed E-state index contributed by atoms with van der Waals surface area (Å²) < 4.78 is 12.6.